The fourth-order valence-corrected chi connectivity index (χ4v) is 2.31. The van der Waals surface area contributed by atoms with Crippen molar-refractivity contribution in [2.75, 3.05) is 39.6 Å². The predicted molar refractivity (Wildman–Crippen MR) is 82.7 cm³/mol. The molecule has 0 saturated heterocycles. The van der Waals surface area contributed by atoms with Crippen LogP contribution in [-0.2, 0) is 9.53 Å². The highest BCUT2D eigenvalue weighted by atomic mass is 16.5. The molecule has 0 aromatic rings. The van der Waals surface area contributed by atoms with Gasteiger partial charge in [0.25, 0.3) is 0 Å². The molecule has 0 radical (unpaired) electrons. The molecule has 0 aliphatic heterocycles. The molecule has 1 unspecified atom stereocenters. The molecule has 0 heterocycles. The number of allylic oxidation sites excluding steroid dienone is 2. The van der Waals surface area contributed by atoms with Crippen molar-refractivity contribution in [3.8, 4) is 0 Å². The summed E-state index contributed by atoms with van der Waals surface area (Å²) in [6.07, 6.45) is 8.28. The zero-order chi connectivity index (χ0) is 16.8. The molecule has 0 aliphatic carbocycles. The summed E-state index contributed by atoms with van der Waals surface area (Å²) < 4.78 is 5.58. The molecule has 2 N–H and O–H groups in total. The van der Waals surface area contributed by atoms with E-state index in [4.69, 9.17) is 4.74 Å². The third-order valence-electron chi connectivity index (χ3n) is 3.88. The smallest absolute Gasteiger partial charge is 0.183 e. The van der Waals surface area contributed by atoms with E-state index >= 15 is 0 Å². The molecule has 130 valence electrons. The van der Waals surface area contributed by atoms with Crippen LogP contribution in [0.2, 0.25) is 0 Å². The number of carbonyl (C=O) groups excluding carboxylic acids is 1. The standard InChI is InChI=1S/C16H31NO5/c1-3-4-5-6-7-8-13-22-14-17(9-11-18,10-12-19)15(2)16(20)21/h5-6,15,18-19H,3-4,7-14H2,1-2H3/b6-5+. The Morgan fingerprint density at radius 1 is 1.23 bits per heavy atom. The molecular formula is C16H31NO5. The van der Waals surface area contributed by atoms with E-state index in [1.54, 1.807) is 0 Å². The van der Waals surface area contributed by atoms with Gasteiger partial charge in [0.05, 0.1) is 25.8 Å². The van der Waals surface area contributed by atoms with Crippen molar-refractivity contribution in [3.63, 3.8) is 0 Å². The van der Waals surface area contributed by atoms with Crippen LogP contribution in [0.5, 0.6) is 0 Å². The van der Waals surface area contributed by atoms with Gasteiger partial charge in [-0.05, 0) is 26.2 Å². The minimum atomic E-state index is -1.20. The van der Waals surface area contributed by atoms with E-state index in [9.17, 15) is 20.1 Å². The number of ether oxygens (including phenoxy) is 1. The summed E-state index contributed by atoms with van der Waals surface area (Å²) in [5, 5.41) is 29.6. The summed E-state index contributed by atoms with van der Waals surface area (Å²) in [4.78, 5) is 11.2. The van der Waals surface area contributed by atoms with Gasteiger partial charge < -0.3 is 24.9 Å². The highest BCUT2D eigenvalue weighted by Crippen LogP contribution is 2.14. The normalized spacial score (nSPS) is 13.6. The zero-order valence-electron chi connectivity index (χ0n) is 13.9. The van der Waals surface area contributed by atoms with Gasteiger partial charge in [0.2, 0.25) is 0 Å². The lowest BCUT2D eigenvalue weighted by molar-refractivity contribution is -0.960. The SMILES string of the molecule is CCC/C=C/CCCOC[N+](CCO)(CCO)C(C)C(=O)[O-]. The van der Waals surface area contributed by atoms with Crippen LogP contribution in [0.15, 0.2) is 12.2 Å². The monoisotopic (exact) mass is 317 g/mol. The number of nitrogens with zero attached hydrogens (tertiary/aromatic N) is 1. The van der Waals surface area contributed by atoms with E-state index in [-0.39, 0.29) is 37.5 Å². The molecule has 22 heavy (non-hydrogen) atoms. The first-order valence-electron chi connectivity index (χ1n) is 8.05. The number of unbranched alkanes of at least 4 members (excludes halogenated alkanes) is 2. The molecule has 0 saturated carbocycles. The quantitative estimate of drug-likeness (QED) is 0.204. The Hall–Kier alpha value is -0.950. The molecule has 0 spiro atoms. The third kappa shape index (κ3) is 7.89. The second-order valence-electron chi connectivity index (χ2n) is 5.55. The van der Waals surface area contributed by atoms with E-state index in [1.807, 2.05) is 0 Å². The van der Waals surface area contributed by atoms with Crippen molar-refractivity contribution in [3.05, 3.63) is 12.2 Å². The number of aliphatic hydroxyl groups excluding tert-OH is 2. The van der Waals surface area contributed by atoms with Gasteiger partial charge in [-0.25, -0.2) is 0 Å². The van der Waals surface area contributed by atoms with Gasteiger partial charge in [-0.1, -0.05) is 25.5 Å². The van der Waals surface area contributed by atoms with Crippen molar-refractivity contribution in [2.24, 2.45) is 0 Å². The van der Waals surface area contributed by atoms with Crippen LogP contribution in [0.3, 0.4) is 0 Å². The maximum atomic E-state index is 11.2. The Balaban J connectivity index is 4.37. The first-order chi connectivity index (χ1) is 10.5. The third-order valence-corrected chi connectivity index (χ3v) is 3.88. The second-order valence-corrected chi connectivity index (χ2v) is 5.55. The van der Waals surface area contributed by atoms with Crippen LogP contribution < -0.4 is 5.11 Å². The first kappa shape index (κ1) is 21.0. The average Bonchev–Trinajstić information content (AvgIpc) is 2.49. The molecule has 0 aromatic heterocycles. The van der Waals surface area contributed by atoms with Gasteiger partial charge in [0.1, 0.15) is 19.1 Å². The van der Waals surface area contributed by atoms with Crippen LogP contribution in [0, 0.1) is 0 Å². The Bertz CT molecular complexity index is 314. The number of quaternary nitrogens is 1. The van der Waals surface area contributed by atoms with E-state index in [1.165, 1.54) is 6.92 Å². The van der Waals surface area contributed by atoms with Crippen molar-refractivity contribution >= 4 is 5.97 Å². The predicted octanol–water partition coefficient (Wildman–Crippen LogP) is 0.0368. The summed E-state index contributed by atoms with van der Waals surface area (Å²) in [6, 6.07) is -0.844. The number of hydrogen-bond acceptors (Lipinski definition) is 5. The zero-order valence-corrected chi connectivity index (χ0v) is 13.9. The minimum Gasteiger partial charge on any atom is -0.544 e. The van der Waals surface area contributed by atoms with Crippen LogP contribution in [-0.4, -0.2) is 66.3 Å². The lowest BCUT2D eigenvalue weighted by atomic mass is 10.2. The highest BCUT2D eigenvalue weighted by Gasteiger charge is 2.34. The molecule has 0 rings (SSSR count). The van der Waals surface area contributed by atoms with Gasteiger partial charge in [-0.3, -0.25) is 4.48 Å². The number of aliphatic carboxylic acids is 1. The topological polar surface area (TPSA) is 89.8 Å². The maximum absolute atomic E-state index is 11.2. The summed E-state index contributed by atoms with van der Waals surface area (Å²) in [7, 11) is 0. The number of aliphatic hydroxyl groups is 2. The van der Waals surface area contributed by atoms with Crippen molar-refractivity contribution in [2.45, 2.75) is 45.6 Å². The van der Waals surface area contributed by atoms with Gasteiger partial charge >= 0.3 is 0 Å². The van der Waals surface area contributed by atoms with Gasteiger partial charge in [0.15, 0.2) is 6.73 Å². The number of hydrogen-bond donors (Lipinski definition) is 2. The molecule has 6 heteroatoms. The second kappa shape index (κ2) is 12.6. The van der Waals surface area contributed by atoms with Gasteiger partial charge in [0, 0.05) is 0 Å². The van der Waals surface area contributed by atoms with Gasteiger partial charge in [-0.2, -0.15) is 0 Å². The number of carbonyl (C=O) groups is 1. The average molecular weight is 317 g/mol. The molecule has 0 aliphatic rings. The largest absolute Gasteiger partial charge is 0.544 e. The highest BCUT2D eigenvalue weighted by molar-refractivity contribution is 5.69. The maximum Gasteiger partial charge on any atom is 0.183 e. The van der Waals surface area contributed by atoms with Gasteiger partial charge in [-0.15, -0.1) is 0 Å². The van der Waals surface area contributed by atoms with E-state index < -0.39 is 12.0 Å². The fourth-order valence-electron chi connectivity index (χ4n) is 2.31. The van der Waals surface area contributed by atoms with Crippen molar-refractivity contribution < 1.29 is 29.3 Å². The molecule has 0 fully saturated rings. The van der Waals surface area contributed by atoms with Crippen LogP contribution >= 0.6 is 0 Å². The van der Waals surface area contributed by atoms with E-state index in [0.29, 0.717) is 6.61 Å². The van der Waals surface area contributed by atoms with Crippen molar-refractivity contribution in [1.82, 2.24) is 0 Å². The molecule has 0 bridgehead atoms. The first-order valence-corrected chi connectivity index (χ1v) is 8.05. The Morgan fingerprint density at radius 3 is 2.32 bits per heavy atom. The van der Waals surface area contributed by atoms with E-state index in [0.717, 1.165) is 25.7 Å². The summed E-state index contributed by atoms with van der Waals surface area (Å²) in [6.45, 7) is 4.42. The molecule has 1 atom stereocenters. The molecular weight excluding hydrogens is 286 g/mol. The van der Waals surface area contributed by atoms with Crippen LogP contribution in [0.4, 0.5) is 0 Å². The van der Waals surface area contributed by atoms with Crippen LogP contribution in [0.1, 0.15) is 39.5 Å². The number of carboxylic acid groups (broad SMARTS) is 1. The van der Waals surface area contributed by atoms with Crippen LogP contribution in [0.25, 0.3) is 0 Å². The lowest BCUT2D eigenvalue weighted by Gasteiger charge is -2.42. The Labute approximate surface area is 133 Å². The molecule has 0 amide bonds. The Morgan fingerprint density at radius 2 is 1.82 bits per heavy atom. The summed E-state index contributed by atoms with van der Waals surface area (Å²) in [5.74, 6) is -1.20. The number of rotatable bonds is 14. The summed E-state index contributed by atoms with van der Waals surface area (Å²) in [5.41, 5.74) is 0. The summed E-state index contributed by atoms with van der Waals surface area (Å²) >= 11 is 0. The van der Waals surface area contributed by atoms with Crippen molar-refractivity contribution in [1.29, 1.82) is 0 Å². The molecule has 0 aromatic carbocycles. The van der Waals surface area contributed by atoms with E-state index in [2.05, 4.69) is 19.1 Å². The number of carboxylic acids is 1. The Kier molecular flexibility index (Phi) is 12.0. The minimum absolute atomic E-state index is 0.0268. The fraction of sp³-hybridized carbons (Fsp3) is 0.812. The molecule has 6 nitrogen and oxygen atoms in total. The lowest BCUT2D eigenvalue weighted by Crippen LogP contribution is -2.63.